The fourth-order valence-corrected chi connectivity index (χ4v) is 2.74. The Labute approximate surface area is 139 Å². The Balaban J connectivity index is 1.68. The Hall–Kier alpha value is -1.63. The molecule has 0 aliphatic carbocycles. The number of aromatic nitrogens is 3. The fraction of sp³-hybridized carbons (Fsp3) is 0.812. The number of rotatable bonds is 7. The molecule has 1 aromatic rings. The predicted octanol–water partition coefficient (Wildman–Crippen LogP) is 0.992. The first kappa shape index (κ1) is 17.7. The summed E-state index contributed by atoms with van der Waals surface area (Å²) in [6.45, 7) is 10.4. The van der Waals surface area contributed by atoms with Crippen molar-refractivity contribution >= 4 is 5.96 Å². The van der Waals surface area contributed by atoms with E-state index in [2.05, 4.69) is 44.6 Å². The molecule has 0 unspecified atom stereocenters. The van der Waals surface area contributed by atoms with Crippen molar-refractivity contribution in [2.75, 3.05) is 32.7 Å². The van der Waals surface area contributed by atoms with Gasteiger partial charge in [-0.2, -0.15) is 0 Å². The van der Waals surface area contributed by atoms with Crippen LogP contribution in [0.15, 0.2) is 11.3 Å². The zero-order valence-corrected chi connectivity index (χ0v) is 14.8. The standard InChI is InChI=1S/C16H31N7/c1-4-17-16(19-12-15-21-20-13-22(15)3)18-8-5-9-23-10-6-14(2)7-11-23/h13-14H,4-12H2,1-3H3,(H2,17,18,19). The van der Waals surface area contributed by atoms with Gasteiger partial charge >= 0.3 is 0 Å². The molecule has 2 N–H and O–H groups in total. The van der Waals surface area contributed by atoms with Crippen molar-refractivity contribution in [1.82, 2.24) is 30.3 Å². The number of likely N-dealkylation sites (tertiary alicyclic amines) is 1. The molecule has 0 bridgehead atoms. The number of guanidine groups is 1. The van der Waals surface area contributed by atoms with E-state index in [0.717, 1.165) is 37.2 Å². The molecule has 7 heteroatoms. The lowest BCUT2D eigenvalue weighted by Gasteiger charge is -2.30. The third kappa shape index (κ3) is 6.17. The van der Waals surface area contributed by atoms with Crippen LogP contribution in [0, 0.1) is 5.92 Å². The van der Waals surface area contributed by atoms with E-state index in [4.69, 9.17) is 0 Å². The maximum absolute atomic E-state index is 4.57. The maximum atomic E-state index is 4.57. The first-order chi connectivity index (χ1) is 11.2. The van der Waals surface area contributed by atoms with E-state index in [0.29, 0.717) is 6.54 Å². The topological polar surface area (TPSA) is 70.4 Å². The molecule has 1 saturated heterocycles. The van der Waals surface area contributed by atoms with Crippen LogP contribution in [0.2, 0.25) is 0 Å². The summed E-state index contributed by atoms with van der Waals surface area (Å²) in [6, 6.07) is 0. The van der Waals surface area contributed by atoms with Crippen LogP contribution in [0.25, 0.3) is 0 Å². The van der Waals surface area contributed by atoms with Crippen LogP contribution in [0.4, 0.5) is 0 Å². The second-order valence-corrected chi connectivity index (χ2v) is 6.36. The van der Waals surface area contributed by atoms with Crippen LogP contribution < -0.4 is 10.6 Å². The predicted molar refractivity (Wildman–Crippen MR) is 93.3 cm³/mol. The van der Waals surface area contributed by atoms with Crippen molar-refractivity contribution < 1.29 is 0 Å². The van der Waals surface area contributed by atoms with E-state index < -0.39 is 0 Å². The Morgan fingerprint density at radius 1 is 1.35 bits per heavy atom. The second kappa shape index (κ2) is 9.50. The van der Waals surface area contributed by atoms with Gasteiger partial charge in [0.1, 0.15) is 12.9 Å². The SMILES string of the molecule is CCNC(=NCc1nncn1C)NCCCN1CCC(C)CC1. The average molecular weight is 321 g/mol. The van der Waals surface area contributed by atoms with Crippen LogP contribution in [-0.2, 0) is 13.6 Å². The summed E-state index contributed by atoms with van der Waals surface area (Å²) in [6.07, 6.45) is 5.53. The van der Waals surface area contributed by atoms with Gasteiger partial charge in [0.15, 0.2) is 11.8 Å². The van der Waals surface area contributed by atoms with Crippen molar-refractivity contribution in [1.29, 1.82) is 0 Å². The van der Waals surface area contributed by atoms with Crippen molar-refractivity contribution in [3.05, 3.63) is 12.2 Å². The van der Waals surface area contributed by atoms with E-state index >= 15 is 0 Å². The largest absolute Gasteiger partial charge is 0.357 e. The molecule has 0 atom stereocenters. The molecule has 130 valence electrons. The normalized spacial score (nSPS) is 17.4. The quantitative estimate of drug-likeness (QED) is 0.445. The van der Waals surface area contributed by atoms with Crippen LogP contribution >= 0.6 is 0 Å². The van der Waals surface area contributed by atoms with E-state index in [1.54, 1.807) is 6.33 Å². The van der Waals surface area contributed by atoms with Crippen LogP contribution in [0.1, 0.15) is 38.9 Å². The summed E-state index contributed by atoms with van der Waals surface area (Å²) >= 11 is 0. The first-order valence-electron chi connectivity index (χ1n) is 8.76. The van der Waals surface area contributed by atoms with Crippen molar-refractivity contribution in [3.63, 3.8) is 0 Å². The molecule has 1 aromatic heterocycles. The van der Waals surface area contributed by atoms with Crippen LogP contribution in [-0.4, -0.2) is 58.3 Å². The summed E-state index contributed by atoms with van der Waals surface area (Å²) in [5.74, 6) is 2.62. The highest BCUT2D eigenvalue weighted by molar-refractivity contribution is 5.79. The van der Waals surface area contributed by atoms with Crippen molar-refractivity contribution in [3.8, 4) is 0 Å². The van der Waals surface area contributed by atoms with E-state index in [1.807, 2.05) is 11.6 Å². The van der Waals surface area contributed by atoms with Crippen LogP contribution in [0.3, 0.4) is 0 Å². The van der Waals surface area contributed by atoms with Gasteiger partial charge in [-0.1, -0.05) is 6.92 Å². The molecule has 0 radical (unpaired) electrons. The van der Waals surface area contributed by atoms with E-state index in [-0.39, 0.29) is 0 Å². The molecule has 23 heavy (non-hydrogen) atoms. The summed E-state index contributed by atoms with van der Waals surface area (Å²) in [4.78, 5) is 7.14. The Kier molecular flexibility index (Phi) is 7.32. The van der Waals surface area contributed by atoms with Crippen molar-refractivity contribution in [2.24, 2.45) is 18.0 Å². The molecule has 0 saturated carbocycles. The third-order valence-electron chi connectivity index (χ3n) is 4.35. The Bertz CT molecular complexity index is 475. The highest BCUT2D eigenvalue weighted by Crippen LogP contribution is 2.15. The highest BCUT2D eigenvalue weighted by atomic mass is 15.3. The van der Waals surface area contributed by atoms with Gasteiger partial charge in [0, 0.05) is 20.1 Å². The van der Waals surface area contributed by atoms with Crippen LogP contribution in [0.5, 0.6) is 0 Å². The van der Waals surface area contributed by atoms with Gasteiger partial charge in [-0.25, -0.2) is 4.99 Å². The number of aliphatic imine (C=N–C) groups is 1. The summed E-state index contributed by atoms with van der Waals surface area (Å²) in [5.41, 5.74) is 0. The molecule has 1 aliphatic heterocycles. The lowest BCUT2D eigenvalue weighted by molar-refractivity contribution is 0.191. The number of aryl methyl sites for hydroxylation is 1. The molecule has 2 heterocycles. The van der Waals surface area contributed by atoms with Gasteiger partial charge in [0.2, 0.25) is 0 Å². The van der Waals surface area contributed by atoms with Crippen molar-refractivity contribution in [2.45, 2.75) is 39.7 Å². The first-order valence-corrected chi connectivity index (χ1v) is 8.76. The Morgan fingerprint density at radius 3 is 2.78 bits per heavy atom. The zero-order chi connectivity index (χ0) is 16.5. The molecule has 0 amide bonds. The van der Waals surface area contributed by atoms with Gasteiger partial charge in [0.25, 0.3) is 0 Å². The summed E-state index contributed by atoms with van der Waals surface area (Å²) in [5, 5.41) is 14.6. The molecule has 1 fully saturated rings. The molecular formula is C16H31N7. The van der Waals surface area contributed by atoms with E-state index in [1.165, 1.54) is 32.5 Å². The monoisotopic (exact) mass is 321 g/mol. The van der Waals surface area contributed by atoms with Gasteiger partial charge in [0.05, 0.1) is 0 Å². The third-order valence-corrected chi connectivity index (χ3v) is 4.35. The van der Waals surface area contributed by atoms with E-state index in [9.17, 15) is 0 Å². The average Bonchev–Trinajstić information content (AvgIpc) is 2.96. The maximum Gasteiger partial charge on any atom is 0.191 e. The minimum Gasteiger partial charge on any atom is -0.357 e. The lowest BCUT2D eigenvalue weighted by Crippen LogP contribution is -2.39. The van der Waals surface area contributed by atoms with Gasteiger partial charge in [-0.05, 0) is 51.7 Å². The van der Waals surface area contributed by atoms with Gasteiger partial charge < -0.3 is 20.1 Å². The highest BCUT2D eigenvalue weighted by Gasteiger charge is 2.14. The molecule has 7 nitrogen and oxygen atoms in total. The number of nitrogens with zero attached hydrogens (tertiary/aromatic N) is 5. The molecular weight excluding hydrogens is 290 g/mol. The minimum atomic E-state index is 0.538. The molecule has 0 aromatic carbocycles. The van der Waals surface area contributed by atoms with Gasteiger partial charge in [-0.15, -0.1) is 10.2 Å². The second-order valence-electron chi connectivity index (χ2n) is 6.36. The minimum absolute atomic E-state index is 0.538. The Morgan fingerprint density at radius 2 is 2.13 bits per heavy atom. The lowest BCUT2D eigenvalue weighted by atomic mass is 9.99. The fourth-order valence-electron chi connectivity index (χ4n) is 2.74. The zero-order valence-electron chi connectivity index (χ0n) is 14.8. The number of hydrogen-bond acceptors (Lipinski definition) is 4. The summed E-state index contributed by atoms with van der Waals surface area (Å²) in [7, 11) is 1.94. The number of piperidine rings is 1. The molecule has 0 spiro atoms. The molecule has 2 rings (SSSR count). The summed E-state index contributed by atoms with van der Waals surface area (Å²) < 4.78 is 1.89. The smallest absolute Gasteiger partial charge is 0.191 e. The van der Waals surface area contributed by atoms with Gasteiger partial charge in [-0.3, -0.25) is 0 Å². The number of hydrogen-bond donors (Lipinski definition) is 2. The number of nitrogens with one attached hydrogen (secondary N) is 2. The molecule has 1 aliphatic rings.